The summed E-state index contributed by atoms with van der Waals surface area (Å²) >= 11 is 0. The molecule has 19 heavy (non-hydrogen) atoms. The molecule has 7 nitrogen and oxygen atoms in total. The Morgan fingerprint density at radius 2 is 2.21 bits per heavy atom. The number of methoxy groups -OCH3 is 1. The summed E-state index contributed by atoms with van der Waals surface area (Å²) in [5.41, 5.74) is 2.09. The van der Waals surface area contributed by atoms with Crippen LogP contribution in [0.15, 0.2) is 6.07 Å². The average molecular weight is 287 g/mol. The van der Waals surface area contributed by atoms with Crippen LogP contribution in [0.3, 0.4) is 0 Å². The SMILES string of the molecule is COC(=O)c1cc(NO)n(COCC[Si](C)(C)C)n1. The Labute approximate surface area is 113 Å². The quantitative estimate of drug-likeness (QED) is 0.344. The second-order valence-corrected chi connectivity index (χ2v) is 11.0. The van der Waals surface area contributed by atoms with Gasteiger partial charge in [0.15, 0.2) is 11.5 Å². The first kappa shape index (κ1) is 15.7. The zero-order valence-electron chi connectivity index (χ0n) is 11.8. The normalized spacial score (nSPS) is 11.4. The van der Waals surface area contributed by atoms with Gasteiger partial charge in [-0.1, -0.05) is 19.6 Å². The van der Waals surface area contributed by atoms with Gasteiger partial charge in [0.1, 0.15) is 6.73 Å². The summed E-state index contributed by atoms with van der Waals surface area (Å²) in [5, 5.41) is 13.0. The van der Waals surface area contributed by atoms with E-state index in [0.717, 1.165) is 6.04 Å². The van der Waals surface area contributed by atoms with Crippen molar-refractivity contribution < 1.29 is 19.5 Å². The van der Waals surface area contributed by atoms with Crippen LogP contribution in [0.2, 0.25) is 25.7 Å². The van der Waals surface area contributed by atoms with E-state index >= 15 is 0 Å². The van der Waals surface area contributed by atoms with Crippen LogP contribution >= 0.6 is 0 Å². The Balaban J connectivity index is 2.57. The van der Waals surface area contributed by atoms with E-state index in [1.54, 1.807) is 0 Å². The molecule has 1 heterocycles. The van der Waals surface area contributed by atoms with Crippen molar-refractivity contribution in [3.63, 3.8) is 0 Å². The third-order valence-corrected chi connectivity index (χ3v) is 4.20. The molecule has 1 aromatic rings. The summed E-state index contributed by atoms with van der Waals surface area (Å²) in [6, 6.07) is 2.44. The number of anilines is 1. The van der Waals surface area contributed by atoms with Crippen LogP contribution in [0.4, 0.5) is 5.82 Å². The third kappa shape index (κ3) is 5.01. The van der Waals surface area contributed by atoms with Crippen LogP contribution in [0.5, 0.6) is 0 Å². The van der Waals surface area contributed by atoms with Crippen molar-refractivity contribution in [1.82, 2.24) is 9.78 Å². The van der Waals surface area contributed by atoms with Gasteiger partial charge in [-0.25, -0.2) is 9.48 Å². The lowest BCUT2D eigenvalue weighted by atomic mass is 10.4. The van der Waals surface area contributed by atoms with Crippen molar-refractivity contribution in [2.75, 3.05) is 19.2 Å². The van der Waals surface area contributed by atoms with Crippen LogP contribution in [0.25, 0.3) is 0 Å². The smallest absolute Gasteiger partial charge is 0.358 e. The molecule has 0 radical (unpaired) electrons. The fourth-order valence-corrected chi connectivity index (χ4v) is 2.10. The van der Waals surface area contributed by atoms with E-state index in [4.69, 9.17) is 9.94 Å². The first-order valence-corrected chi connectivity index (χ1v) is 9.72. The second-order valence-electron chi connectivity index (χ2n) is 5.37. The topological polar surface area (TPSA) is 85.6 Å². The Morgan fingerprint density at radius 1 is 1.53 bits per heavy atom. The molecule has 0 aliphatic carbocycles. The number of nitrogens with zero attached hydrogens (tertiary/aromatic N) is 2. The third-order valence-electron chi connectivity index (χ3n) is 2.50. The summed E-state index contributed by atoms with van der Waals surface area (Å²) < 4.78 is 11.4. The summed E-state index contributed by atoms with van der Waals surface area (Å²) in [6.07, 6.45) is 0. The van der Waals surface area contributed by atoms with Crippen LogP contribution in [0.1, 0.15) is 10.5 Å². The number of ether oxygens (including phenoxy) is 2. The fraction of sp³-hybridized carbons (Fsp3) is 0.636. The molecule has 0 atom stereocenters. The summed E-state index contributed by atoms with van der Waals surface area (Å²) in [4.78, 5) is 11.3. The number of aromatic nitrogens is 2. The van der Waals surface area contributed by atoms with E-state index < -0.39 is 14.0 Å². The van der Waals surface area contributed by atoms with Crippen LogP contribution in [-0.4, -0.2) is 42.7 Å². The van der Waals surface area contributed by atoms with E-state index in [-0.39, 0.29) is 18.2 Å². The highest BCUT2D eigenvalue weighted by molar-refractivity contribution is 6.76. The van der Waals surface area contributed by atoms with Gasteiger partial charge in [0, 0.05) is 20.7 Å². The van der Waals surface area contributed by atoms with Gasteiger partial charge in [0.25, 0.3) is 0 Å². The minimum Gasteiger partial charge on any atom is -0.464 e. The first-order valence-electron chi connectivity index (χ1n) is 6.01. The standard InChI is InChI=1S/C11H21N3O4Si/c1-17-11(15)9-7-10(13-16)14(12-9)8-18-5-6-19(2,3)4/h7,13,16H,5-6,8H2,1-4H3. The number of esters is 1. The molecule has 8 heteroatoms. The molecule has 1 aromatic heterocycles. The van der Waals surface area contributed by atoms with E-state index in [2.05, 4.69) is 29.5 Å². The van der Waals surface area contributed by atoms with Crippen molar-refractivity contribution in [2.45, 2.75) is 32.4 Å². The van der Waals surface area contributed by atoms with Gasteiger partial charge in [-0.3, -0.25) is 10.7 Å². The van der Waals surface area contributed by atoms with Gasteiger partial charge >= 0.3 is 5.97 Å². The molecule has 0 aliphatic heterocycles. The van der Waals surface area contributed by atoms with Crippen LogP contribution in [-0.2, 0) is 16.2 Å². The van der Waals surface area contributed by atoms with Crippen molar-refractivity contribution in [3.8, 4) is 0 Å². The maximum absolute atomic E-state index is 11.3. The molecule has 0 amide bonds. The van der Waals surface area contributed by atoms with Gasteiger partial charge in [0.05, 0.1) is 7.11 Å². The molecule has 2 N–H and O–H groups in total. The molecule has 0 saturated heterocycles. The van der Waals surface area contributed by atoms with Gasteiger partial charge in [-0.15, -0.1) is 0 Å². The van der Waals surface area contributed by atoms with Crippen molar-refractivity contribution in [2.24, 2.45) is 0 Å². The number of carbonyl (C=O) groups is 1. The van der Waals surface area contributed by atoms with E-state index in [1.165, 1.54) is 17.9 Å². The minimum absolute atomic E-state index is 0.118. The minimum atomic E-state index is -1.13. The Bertz CT molecular complexity index is 428. The van der Waals surface area contributed by atoms with E-state index in [1.807, 2.05) is 5.48 Å². The molecule has 0 aliphatic rings. The van der Waals surface area contributed by atoms with E-state index in [9.17, 15) is 4.79 Å². The number of nitrogens with one attached hydrogen (secondary N) is 1. The number of hydrogen-bond acceptors (Lipinski definition) is 6. The monoisotopic (exact) mass is 287 g/mol. The molecule has 0 spiro atoms. The fourth-order valence-electron chi connectivity index (χ4n) is 1.34. The van der Waals surface area contributed by atoms with E-state index in [0.29, 0.717) is 6.61 Å². The Hall–Kier alpha value is -1.38. The molecular formula is C11H21N3O4Si. The predicted molar refractivity (Wildman–Crippen MR) is 73.1 cm³/mol. The predicted octanol–water partition coefficient (Wildman–Crippen LogP) is 1.78. The lowest BCUT2D eigenvalue weighted by Gasteiger charge is -2.15. The van der Waals surface area contributed by atoms with Gasteiger partial charge < -0.3 is 9.47 Å². The summed E-state index contributed by atoms with van der Waals surface area (Å²) in [6.45, 7) is 7.60. The van der Waals surface area contributed by atoms with Crippen LogP contribution < -0.4 is 5.48 Å². The number of carbonyl (C=O) groups excluding carboxylic acids is 1. The van der Waals surface area contributed by atoms with Crippen molar-refractivity contribution in [3.05, 3.63) is 11.8 Å². The van der Waals surface area contributed by atoms with Crippen molar-refractivity contribution in [1.29, 1.82) is 0 Å². The molecule has 0 unspecified atom stereocenters. The lowest BCUT2D eigenvalue weighted by molar-refractivity contribution is 0.0582. The maximum Gasteiger partial charge on any atom is 0.358 e. The molecule has 1 rings (SSSR count). The molecule has 0 saturated carbocycles. The maximum atomic E-state index is 11.3. The zero-order valence-corrected chi connectivity index (χ0v) is 12.8. The van der Waals surface area contributed by atoms with Gasteiger partial charge in [0.2, 0.25) is 0 Å². The number of rotatable bonds is 7. The molecular weight excluding hydrogens is 266 g/mol. The first-order chi connectivity index (χ1) is 8.87. The molecule has 0 aromatic carbocycles. The number of hydrogen-bond donors (Lipinski definition) is 2. The zero-order chi connectivity index (χ0) is 14.5. The summed E-state index contributed by atoms with van der Waals surface area (Å²) in [7, 11) is 0.146. The molecule has 0 bridgehead atoms. The highest BCUT2D eigenvalue weighted by atomic mass is 28.3. The Morgan fingerprint density at radius 3 is 2.74 bits per heavy atom. The summed E-state index contributed by atoms with van der Waals surface area (Å²) in [5.74, 6) is -0.272. The Kier molecular flexibility index (Phi) is 5.52. The highest BCUT2D eigenvalue weighted by Gasteiger charge is 2.15. The molecule has 0 fully saturated rings. The largest absolute Gasteiger partial charge is 0.464 e. The highest BCUT2D eigenvalue weighted by Crippen LogP contribution is 2.12. The lowest BCUT2D eigenvalue weighted by Crippen LogP contribution is -2.22. The van der Waals surface area contributed by atoms with Crippen LogP contribution in [0, 0.1) is 0 Å². The second kappa shape index (κ2) is 6.69. The van der Waals surface area contributed by atoms with Crippen molar-refractivity contribution >= 4 is 19.9 Å². The molecule has 108 valence electrons. The average Bonchev–Trinajstić information content (AvgIpc) is 2.75. The van der Waals surface area contributed by atoms with Gasteiger partial charge in [-0.05, 0) is 6.04 Å². The van der Waals surface area contributed by atoms with Gasteiger partial charge in [-0.2, -0.15) is 5.10 Å².